The van der Waals surface area contributed by atoms with E-state index in [1.54, 1.807) is 6.92 Å². The first kappa shape index (κ1) is 11.9. The molecule has 96 valence electrons. The molecule has 0 bridgehead atoms. The number of esters is 1. The van der Waals surface area contributed by atoms with E-state index >= 15 is 0 Å². The van der Waals surface area contributed by atoms with Crippen molar-refractivity contribution in [2.24, 2.45) is 0 Å². The maximum Gasteiger partial charge on any atom is 0.343 e. The number of thiophene rings is 1. The van der Waals surface area contributed by atoms with Crippen molar-refractivity contribution in [3.05, 3.63) is 29.8 Å². The van der Waals surface area contributed by atoms with E-state index in [9.17, 15) is 4.79 Å². The second-order valence-corrected chi connectivity index (χ2v) is 4.96. The number of para-hydroxylation sites is 2. The van der Waals surface area contributed by atoms with E-state index in [0.29, 0.717) is 27.5 Å². The molecule has 3 aromatic rings. The number of nitrogen functional groups attached to an aromatic ring is 1. The molecule has 0 unspecified atom stereocenters. The fourth-order valence-electron chi connectivity index (χ4n) is 1.89. The van der Waals surface area contributed by atoms with Gasteiger partial charge in [-0.1, -0.05) is 23.5 Å². The fraction of sp³-hybridized carbons (Fsp3) is 0.154. The number of anilines is 1. The number of nitrogens with two attached hydrogens (primary N) is 1. The number of fused-ring (bicyclic) bond motifs is 2. The van der Waals surface area contributed by atoms with Crippen molar-refractivity contribution in [2.45, 2.75) is 6.92 Å². The van der Waals surface area contributed by atoms with Crippen molar-refractivity contribution in [3.63, 3.8) is 0 Å². The zero-order valence-electron chi connectivity index (χ0n) is 10.2. The molecule has 5 nitrogen and oxygen atoms in total. The molecular formula is C13H11N3O2S. The van der Waals surface area contributed by atoms with E-state index in [0.717, 1.165) is 11.0 Å². The van der Waals surface area contributed by atoms with Crippen LogP contribution in [-0.4, -0.2) is 22.5 Å². The number of hydrogen-bond acceptors (Lipinski definition) is 6. The van der Waals surface area contributed by atoms with Gasteiger partial charge in [0, 0.05) is 0 Å². The lowest BCUT2D eigenvalue weighted by Gasteiger charge is -2.01. The highest BCUT2D eigenvalue weighted by Gasteiger charge is 2.21. The number of rotatable bonds is 2. The summed E-state index contributed by atoms with van der Waals surface area (Å²) in [4.78, 5) is 21.5. The first-order chi connectivity index (χ1) is 9.20. The quantitative estimate of drug-likeness (QED) is 0.726. The van der Waals surface area contributed by atoms with Gasteiger partial charge in [-0.25, -0.2) is 14.8 Å². The summed E-state index contributed by atoms with van der Waals surface area (Å²) >= 11 is 1.25. The van der Waals surface area contributed by atoms with Crippen LogP contribution < -0.4 is 5.73 Å². The Morgan fingerprint density at radius 3 is 2.68 bits per heavy atom. The van der Waals surface area contributed by atoms with Crippen molar-refractivity contribution >= 4 is 43.7 Å². The Labute approximate surface area is 113 Å². The molecule has 0 radical (unpaired) electrons. The third-order valence-electron chi connectivity index (χ3n) is 2.71. The standard InChI is InChI=1S/C13H11N3O2S/c1-2-18-13(17)9-10-12(19-11(9)14)16-8-6-4-3-5-7(8)15-10/h3-6H,2,14H2,1H3. The molecule has 0 aliphatic carbocycles. The minimum absolute atomic E-state index is 0.302. The zero-order valence-corrected chi connectivity index (χ0v) is 11.0. The first-order valence-electron chi connectivity index (χ1n) is 5.82. The molecule has 0 amide bonds. The third-order valence-corrected chi connectivity index (χ3v) is 3.61. The van der Waals surface area contributed by atoms with Crippen LogP contribution in [0.5, 0.6) is 0 Å². The van der Waals surface area contributed by atoms with Gasteiger partial charge >= 0.3 is 5.97 Å². The Balaban J connectivity index is 2.30. The van der Waals surface area contributed by atoms with Gasteiger partial charge in [0.1, 0.15) is 20.9 Å². The summed E-state index contributed by atoms with van der Waals surface area (Å²) in [6.07, 6.45) is 0. The molecule has 2 N–H and O–H groups in total. The number of carbonyl (C=O) groups is 1. The minimum Gasteiger partial charge on any atom is -0.462 e. The van der Waals surface area contributed by atoms with E-state index in [2.05, 4.69) is 9.97 Å². The monoisotopic (exact) mass is 273 g/mol. The minimum atomic E-state index is -0.448. The second-order valence-electron chi connectivity index (χ2n) is 3.93. The Morgan fingerprint density at radius 2 is 2.00 bits per heavy atom. The lowest BCUT2D eigenvalue weighted by Crippen LogP contribution is -2.06. The molecule has 2 heterocycles. The van der Waals surface area contributed by atoms with Gasteiger partial charge in [-0.05, 0) is 19.1 Å². The molecule has 1 aromatic carbocycles. The summed E-state index contributed by atoms with van der Waals surface area (Å²) in [6.45, 7) is 2.06. The highest BCUT2D eigenvalue weighted by Crippen LogP contribution is 2.32. The van der Waals surface area contributed by atoms with Gasteiger partial charge in [0.2, 0.25) is 0 Å². The van der Waals surface area contributed by atoms with Crippen LogP contribution in [0.2, 0.25) is 0 Å². The van der Waals surface area contributed by atoms with Crippen LogP contribution in [0.3, 0.4) is 0 Å². The summed E-state index contributed by atoms with van der Waals surface area (Å²) in [5, 5.41) is 0.392. The highest BCUT2D eigenvalue weighted by molar-refractivity contribution is 7.22. The Kier molecular flexibility index (Phi) is 2.79. The molecule has 6 heteroatoms. The molecule has 0 saturated carbocycles. The summed E-state index contributed by atoms with van der Waals surface area (Å²) in [7, 11) is 0. The Morgan fingerprint density at radius 1 is 1.32 bits per heavy atom. The van der Waals surface area contributed by atoms with E-state index in [4.69, 9.17) is 10.5 Å². The number of carbonyl (C=O) groups excluding carboxylic acids is 1. The van der Waals surface area contributed by atoms with Gasteiger partial charge in [0.15, 0.2) is 0 Å². The van der Waals surface area contributed by atoms with Gasteiger partial charge in [-0.15, -0.1) is 0 Å². The number of hydrogen-bond donors (Lipinski definition) is 1. The molecule has 0 aliphatic heterocycles. The van der Waals surface area contributed by atoms with Crippen molar-refractivity contribution in [2.75, 3.05) is 12.3 Å². The van der Waals surface area contributed by atoms with Crippen LogP contribution in [0.25, 0.3) is 21.4 Å². The maximum absolute atomic E-state index is 11.9. The van der Waals surface area contributed by atoms with Gasteiger partial charge in [-0.3, -0.25) is 0 Å². The third kappa shape index (κ3) is 1.90. The number of benzene rings is 1. The Hall–Kier alpha value is -2.21. The van der Waals surface area contributed by atoms with Crippen molar-refractivity contribution in [1.82, 2.24) is 9.97 Å². The molecule has 0 atom stereocenters. The Bertz CT molecular complexity index is 782. The molecule has 0 spiro atoms. The van der Waals surface area contributed by atoms with Crippen LogP contribution in [0.15, 0.2) is 24.3 Å². The van der Waals surface area contributed by atoms with E-state index < -0.39 is 5.97 Å². The number of aromatic nitrogens is 2. The molecular weight excluding hydrogens is 262 g/mol. The summed E-state index contributed by atoms with van der Waals surface area (Å²) < 4.78 is 5.01. The van der Waals surface area contributed by atoms with Crippen LogP contribution in [0, 0.1) is 0 Å². The summed E-state index contributed by atoms with van der Waals surface area (Å²) in [5.74, 6) is -0.448. The van der Waals surface area contributed by atoms with Gasteiger partial charge in [-0.2, -0.15) is 0 Å². The second kappa shape index (κ2) is 4.47. The van der Waals surface area contributed by atoms with Crippen molar-refractivity contribution < 1.29 is 9.53 Å². The average molecular weight is 273 g/mol. The van der Waals surface area contributed by atoms with E-state index in [1.807, 2.05) is 24.3 Å². The van der Waals surface area contributed by atoms with Crippen molar-refractivity contribution in [1.29, 1.82) is 0 Å². The van der Waals surface area contributed by atoms with Gasteiger partial charge in [0.25, 0.3) is 0 Å². The molecule has 0 saturated heterocycles. The number of ether oxygens (including phenoxy) is 1. The SMILES string of the molecule is CCOC(=O)c1c(N)sc2nc3ccccc3nc12. The van der Waals surface area contributed by atoms with Gasteiger partial charge in [0.05, 0.1) is 17.6 Å². The predicted molar refractivity (Wildman–Crippen MR) is 75.3 cm³/mol. The van der Waals surface area contributed by atoms with Crippen LogP contribution in [0.1, 0.15) is 17.3 Å². The van der Waals surface area contributed by atoms with E-state index in [-0.39, 0.29) is 0 Å². The zero-order chi connectivity index (χ0) is 13.4. The lowest BCUT2D eigenvalue weighted by atomic mass is 10.2. The highest BCUT2D eigenvalue weighted by atomic mass is 32.1. The molecule has 0 fully saturated rings. The fourth-order valence-corrected chi connectivity index (χ4v) is 2.77. The van der Waals surface area contributed by atoms with E-state index in [1.165, 1.54) is 11.3 Å². The molecule has 3 rings (SSSR count). The van der Waals surface area contributed by atoms with Gasteiger partial charge < -0.3 is 10.5 Å². The first-order valence-corrected chi connectivity index (χ1v) is 6.64. The molecule has 2 aromatic heterocycles. The lowest BCUT2D eigenvalue weighted by molar-refractivity contribution is 0.0530. The predicted octanol–water partition coefficient (Wildman–Crippen LogP) is 2.60. The smallest absolute Gasteiger partial charge is 0.343 e. The largest absolute Gasteiger partial charge is 0.462 e. The average Bonchev–Trinajstić information content (AvgIpc) is 2.71. The number of nitrogens with zero attached hydrogens (tertiary/aromatic N) is 2. The van der Waals surface area contributed by atoms with Crippen LogP contribution >= 0.6 is 11.3 Å². The topological polar surface area (TPSA) is 78.1 Å². The maximum atomic E-state index is 11.9. The molecule has 0 aliphatic rings. The summed E-state index contributed by atoms with van der Waals surface area (Å²) in [5.41, 5.74) is 8.24. The van der Waals surface area contributed by atoms with Crippen LogP contribution in [0.4, 0.5) is 5.00 Å². The summed E-state index contributed by atoms with van der Waals surface area (Å²) in [6, 6.07) is 7.50. The normalized spacial score (nSPS) is 11.0. The van der Waals surface area contributed by atoms with Crippen molar-refractivity contribution in [3.8, 4) is 0 Å². The molecule has 19 heavy (non-hydrogen) atoms. The van der Waals surface area contributed by atoms with Crippen LogP contribution in [-0.2, 0) is 4.74 Å².